The van der Waals surface area contributed by atoms with Crippen LogP contribution in [0.25, 0.3) is 21.7 Å². The summed E-state index contributed by atoms with van der Waals surface area (Å²) in [6.45, 7) is 6.16. The zero-order valence-electron chi connectivity index (χ0n) is 15.5. The fraction of sp³-hybridized carbons (Fsp3) is 0.400. The maximum absolute atomic E-state index is 15.1. The number of hydrogen-bond donors (Lipinski definition) is 1. The van der Waals surface area contributed by atoms with Crippen LogP contribution >= 0.6 is 0 Å². The van der Waals surface area contributed by atoms with E-state index in [2.05, 4.69) is 18.8 Å². The average molecular weight is 357 g/mol. The summed E-state index contributed by atoms with van der Waals surface area (Å²) in [5, 5.41) is 1.86. The second-order valence-electron chi connectivity index (χ2n) is 7.16. The Morgan fingerprint density at radius 3 is 2.69 bits per heavy atom. The van der Waals surface area contributed by atoms with E-state index in [-0.39, 0.29) is 29.5 Å². The molecule has 1 atom stereocenters. The lowest BCUT2D eigenvalue weighted by atomic mass is 10.0. The Labute approximate surface area is 151 Å². The number of aryl methyl sites for hydroxylation is 2. The molecule has 3 rings (SSSR count). The summed E-state index contributed by atoms with van der Waals surface area (Å²) in [5.41, 5.74) is 6.60. The number of nitrogens with two attached hydrogens (primary N) is 1. The third-order valence-corrected chi connectivity index (χ3v) is 4.59. The fourth-order valence-electron chi connectivity index (χ4n) is 3.40. The number of halogens is 1. The lowest BCUT2D eigenvalue weighted by molar-refractivity contribution is 0.261. The second kappa shape index (κ2) is 7.03. The first-order valence-electron chi connectivity index (χ1n) is 8.76. The van der Waals surface area contributed by atoms with Crippen molar-refractivity contribution in [3.05, 3.63) is 46.3 Å². The van der Waals surface area contributed by atoms with Crippen molar-refractivity contribution in [3.8, 4) is 5.75 Å². The molecule has 0 bridgehead atoms. The normalized spacial score (nSPS) is 12.9. The van der Waals surface area contributed by atoms with Gasteiger partial charge in [-0.15, -0.1) is 0 Å². The molecule has 6 heteroatoms. The lowest BCUT2D eigenvalue weighted by Gasteiger charge is -2.17. The maximum Gasteiger partial charge on any atom is 0.260 e. The van der Waals surface area contributed by atoms with Crippen LogP contribution in [0.4, 0.5) is 4.39 Å². The zero-order chi connectivity index (χ0) is 19.0. The van der Waals surface area contributed by atoms with E-state index in [1.807, 2.05) is 0 Å². The summed E-state index contributed by atoms with van der Waals surface area (Å²) < 4.78 is 22.0. The standard InChI is InChI=1S/C20H24FN3O2/c1-11(2)9-13(22)10-26-16-6-5-15-14-7-8-23-12(3)17(14)20(25)24(4)19(15)18(16)21/h5-8,11,13H,9-10,22H2,1-4H3/t13-/m0/s1. The van der Waals surface area contributed by atoms with Gasteiger partial charge in [0, 0.05) is 24.7 Å². The monoisotopic (exact) mass is 357 g/mol. The minimum absolute atomic E-state index is 0.108. The van der Waals surface area contributed by atoms with Crippen LogP contribution < -0.4 is 16.0 Å². The topological polar surface area (TPSA) is 70.1 Å². The van der Waals surface area contributed by atoms with Crippen molar-refractivity contribution in [2.75, 3.05) is 6.61 Å². The van der Waals surface area contributed by atoms with Crippen molar-refractivity contribution >= 4 is 21.7 Å². The molecule has 0 radical (unpaired) electrons. The van der Waals surface area contributed by atoms with Crippen LogP contribution in [-0.4, -0.2) is 22.2 Å². The van der Waals surface area contributed by atoms with E-state index in [1.165, 1.54) is 4.57 Å². The van der Waals surface area contributed by atoms with Gasteiger partial charge in [0.05, 0.1) is 16.6 Å². The highest BCUT2D eigenvalue weighted by atomic mass is 19.1. The number of pyridine rings is 2. The fourth-order valence-corrected chi connectivity index (χ4v) is 3.40. The van der Waals surface area contributed by atoms with E-state index in [0.717, 1.165) is 6.42 Å². The van der Waals surface area contributed by atoms with Crippen molar-refractivity contribution < 1.29 is 9.13 Å². The summed E-state index contributed by atoms with van der Waals surface area (Å²) in [6, 6.07) is 4.95. The molecule has 0 spiro atoms. The van der Waals surface area contributed by atoms with E-state index in [9.17, 15) is 4.79 Å². The molecule has 0 saturated heterocycles. The molecular weight excluding hydrogens is 333 g/mol. The average Bonchev–Trinajstić information content (AvgIpc) is 2.57. The first-order valence-corrected chi connectivity index (χ1v) is 8.76. The SMILES string of the molecule is Cc1nccc2c1c(=O)n(C)c1c(F)c(OC[C@@H](N)CC(C)C)ccc21. The van der Waals surface area contributed by atoms with Crippen LogP contribution in [0.1, 0.15) is 26.0 Å². The summed E-state index contributed by atoms with van der Waals surface area (Å²) in [7, 11) is 1.56. The third-order valence-electron chi connectivity index (χ3n) is 4.59. The van der Waals surface area contributed by atoms with Crippen LogP contribution in [0, 0.1) is 18.7 Å². The highest BCUT2D eigenvalue weighted by molar-refractivity contribution is 6.06. The molecule has 0 amide bonds. The van der Waals surface area contributed by atoms with Crippen molar-refractivity contribution in [1.82, 2.24) is 9.55 Å². The van der Waals surface area contributed by atoms with E-state index in [0.29, 0.717) is 27.8 Å². The molecule has 2 N–H and O–H groups in total. The van der Waals surface area contributed by atoms with Gasteiger partial charge in [0.2, 0.25) is 0 Å². The molecule has 0 aliphatic heterocycles. The molecular formula is C20H24FN3O2. The van der Waals surface area contributed by atoms with Gasteiger partial charge in [-0.25, -0.2) is 4.39 Å². The van der Waals surface area contributed by atoms with Crippen molar-refractivity contribution in [3.63, 3.8) is 0 Å². The smallest absolute Gasteiger partial charge is 0.260 e. The lowest BCUT2D eigenvalue weighted by Crippen LogP contribution is -2.29. The molecule has 2 aromatic heterocycles. The molecule has 5 nitrogen and oxygen atoms in total. The minimum Gasteiger partial charge on any atom is -0.489 e. The molecule has 138 valence electrons. The molecule has 2 heterocycles. The van der Waals surface area contributed by atoms with Gasteiger partial charge in [0.25, 0.3) is 5.56 Å². The number of fused-ring (bicyclic) bond motifs is 3. The number of benzene rings is 1. The molecule has 0 unspecified atom stereocenters. The summed E-state index contributed by atoms with van der Waals surface area (Å²) in [5.74, 6) is 0.00568. The molecule has 26 heavy (non-hydrogen) atoms. The molecule has 0 saturated carbocycles. The quantitative estimate of drug-likeness (QED) is 0.712. The first kappa shape index (κ1) is 18.3. The Balaban J connectivity index is 2.11. The third kappa shape index (κ3) is 3.17. The zero-order valence-corrected chi connectivity index (χ0v) is 15.5. The first-order chi connectivity index (χ1) is 12.3. The Kier molecular flexibility index (Phi) is 4.96. The van der Waals surface area contributed by atoms with Crippen LogP contribution in [-0.2, 0) is 7.05 Å². The number of hydrogen-bond acceptors (Lipinski definition) is 4. The van der Waals surface area contributed by atoms with Gasteiger partial charge < -0.3 is 15.0 Å². The molecule has 0 aliphatic carbocycles. The van der Waals surface area contributed by atoms with Gasteiger partial charge in [-0.2, -0.15) is 0 Å². The minimum atomic E-state index is -0.546. The number of aromatic nitrogens is 2. The number of ether oxygens (including phenoxy) is 1. The Hall–Kier alpha value is -2.47. The highest BCUT2D eigenvalue weighted by Crippen LogP contribution is 2.30. The second-order valence-corrected chi connectivity index (χ2v) is 7.16. The predicted molar refractivity (Wildman–Crippen MR) is 102 cm³/mol. The van der Waals surface area contributed by atoms with E-state index < -0.39 is 5.82 Å². The van der Waals surface area contributed by atoms with Crippen LogP contribution in [0.3, 0.4) is 0 Å². The van der Waals surface area contributed by atoms with Gasteiger partial charge in [0.1, 0.15) is 6.61 Å². The van der Waals surface area contributed by atoms with E-state index in [4.69, 9.17) is 10.5 Å². The van der Waals surface area contributed by atoms with Gasteiger partial charge in [-0.1, -0.05) is 13.8 Å². The summed E-state index contributed by atoms with van der Waals surface area (Å²) in [4.78, 5) is 16.9. The van der Waals surface area contributed by atoms with Crippen LogP contribution in [0.15, 0.2) is 29.2 Å². The van der Waals surface area contributed by atoms with Crippen molar-refractivity contribution in [2.45, 2.75) is 33.2 Å². The largest absolute Gasteiger partial charge is 0.489 e. The Morgan fingerprint density at radius 1 is 1.27 bits per heavy atom. The van der Waals surface area contributed by atoms with E-state index >= 15 is 4.39 Å². The highest BCUT2D eigenvalue weighted by Gasteiger charge is 2.18. The van der Waals surface area contributed by atoms with Crippen molar-refractivity contribution in [1.29, 1.82) is 0 Å². The van der Waals surface area contributed by atoms with Crippen molar-refractivity contribution in [2.24, 2.45) is 18.7 Å². The van der Waals surface area contributed by atoms with Gasteiger partial charge in [0.15, 0.2) is 11.6 Å². The van der Waals surface area contributed by atoms with Crippen LogP contribution in [0.5, 0.6) is 5.75 Å². The van der Waals surface area contributed by atoms with Crippen LogP contribution in [0.2, 0.25) is 0 Å². The van der Waals surface area contributed by atoms with Gasteiger partial charge in [-0.05, 0) is 42.8 Å². The molecule has 1 aromatic carbocycles. The Morgan fingerprint density at radius 2 is 2.00 bits per heavy atom. The summed E-state index contributed by atoms with van der Waals surface area (Å²) in [6.07, 6.45) is 2.42. The van der Waals surface area contributed by atoms with Gasteiger partial charge >= 0.3 is 0 Å². The predicted octanol–water partition coefficient (Wildman–Crippen LogP) is 3.29. The summed E-state index contributed by atoms with van der Waals surface area (Å²) >= 11 is 0. The Bertz CT molecular complexity index is 1030. The number of nitrogens with zero attached hydrogens (tertiary/aromatic N) is 2. The number of rotatable bonds is 5. The maximum atomic E-state index is 15.1. The van der Waals surface area contributed by atoms with Gasteiger partial charge in [-0.3, -0.25) is 9.78 Å². The van der Waals surface area contributed by atoms with E-state index in [1.54, 1.807) is 38.4 Å². The molecule has 3 aromatic rings. The molecule has 0 fully saturated rings. The molecule has 0 aliphatic rings.